The fourth-order valence-corrected chi connectivity index (χ4v) is 2.51. The van der Waals surface area contributed by atoms with E-state index in [1.165, 1.54) is 0 Å². The van der Waals surface area contributed by atoms with E-state index in [9.17, 15) is 9.59 Å². The number of carbonyl (C=O) groups excluding carboxylic acids is 2. The molecule has 1 fully saturated rings. The molecule has 1 saturated heterocycles. The van der Waals surface area contributed by atoms with Crippen LogP contribution in [0.4, 0.5) is 4.79 Å². The molecule has 4 atom stereocenters. The molecule has 0 spiro atoms. The predicted molar refractivity (Wildman–Crippen MR) is 78.8 cm³/mol. The monoisotopic (exact) mass is 307 g/mol. The summed E-state index contributed by atoms with van der Waals surface area (Å²) < 4.78 is 10.2. The third kappa shape index (κ3) is 3.76. The Morgan fingerprint density at radius 3 is 2.59 bits per heavy atom. The first-order valence-electron chi connectivity index (χ1n) is 7.31. The molecule has 22 heavy (non-hydrogen) atoms. The van der Waals surface area contributed by atoms with E-state index in [-0.39, 0.29) is 31.1 Å². The normalized spacial score (nSPS) is 23.0. The molecular formula is C16H21NO5. The summed E-state index contributed by atoms with van der Waals surface area (Å²) in [6.07, 6.45) is -1.40. The molecule has 1 aromatic carbocycles. The van der Waals surface area contributed by atoms with Crippen molar-refractivity contribution >= 4 is 12.1 Å². The van der Waals surface area contributed by atoms with Crippen LogP contribution in [0.25, 0.3) is 0 Å². The molecule has 2 N–H and O–H groups in total. The lowest BCUT2D eigenvalue weighted by molar-refractivity contribution is -0.144. The van der Waals surface area contributed by atoms with Crippen LogP contribution in [0, 0.1) is 11.8 Å². The van der Waals surface area contributed by atoms with Gasteiger partial charge in [-0.25, -0.2) is 4.79 Å². The Labute approximate surface area is 129 Å². The summed E-state index contributed by atoms with van der Waals surface area (Å²) in [5, 5.41) is 11.9. The molecule has 6 nitrogen and oxygen atoms in total. The first-order valence-corrected chi connectivity index (χ1v) is 7.31. The zero-order valence-corrected chi connectivity index (χ0v) is 12.7. The van der Waals surface area contributed by atoms with E-state index in [2.05, 4.69) is 5.32 Å². The fraction of sp³-hybridized carbons (Fsp3) is 0.500. The number of aliphatic hydroxyl groups is 1. The van der Waals surface area contributed by atoms with Gasteiger partial charge in [0.1, 0.15) is 12.7 Å². The van der Waals surface area contributed by atoms with Gasteiger partial charge in [0, 0.05) is 18.6 Å². The Hall–Kier alpha value is -2.08. The lowest BCUT2D eigenvalue weighted by atomic mass is 9.79. The van der Waals surface area contributed by atoms with E-state index in [0.717, 1.165) is 5.56 Å². The van der Waals surface area contributed by atoms with Gasteiger partial charge in [0.15, 0.2) is 0 Å². The number of rotatable bonds is 6. The van der Waals surface area contributed by atoms with Gasteiger partial charge in [-0.3, -0.25) is 4.79 Å². The minimum atomic E-state index is -0.800. The summed E-state index contributed by atoms with van der Waals surface area (Å²) in [7, 11) is 0. The zero-order valence-electron chi connectivity index (χ0n) is 12.7. The maximum Gasteiger partial charge on any atom is 0.508 e. The molecule has 0 aromatic heterocycles. The zero-order chi connectivity index (χ0) is 16.1. The lowest BCUT2D eigenvalue weighted by Crippen LogP contribution is -2.65. The Morgan fingerprint density at radius 2 is 2.00 bits per heavy atom. The predicted octanol–water partition coefficient (Wildman–Crippen LogP) is 1.47. The molecule has 1 heterocycles. The quantitative estimate of drug-likeness (QED) is 0.614. The number of amides is 1. The Morgan fingerprint density at radius 1 is 1.32 bits per heavy atom. The standard InChI is InChI=1S/C16H21NO5/c1-10(8-18)14-13(15(19)17-14)11(2)22-16(20)21-9-12-6-4-3-5-7-12/h3-7,10-11,13-14,18H,8-9H2,1-2H3,(H,17,19)/t10?,11-,13-,14+/m1/s1. The highest BCUT2D eigenvalue weighted by Crippen LogP contribution is 2.27. The molecule has 2 rings (SSSR count). The second-order valence-electron chi connectivity index (χ2n) is 5.57. The number of carbonyl (C=O) groups is 2. The first kappa shape index (κ1) is 16.3. The van der Waals surface area contributed by atoms with Crippen molar-refractivity contribution in [3.63, 3.8) is 0 Å². The molecule has 120 valence electrons. The van der Waals surface area contributed by atoms with Gasteiger partial charge in [-0.2, -0.15) is 0 Å². The molecule has 1 aliphatic rings. The van der Waals surface area contributed by atoms with E-state index >= 15 is 0 Å². The van der Waals surface area contributed by atoms with E-state index in [1.54, 1.807) is 6.92 Å². The number of hydrogen-bond acceptors (Lipinski definition) is 5. The number of benzene rings is 1. The molecule has 1 unspecified atom stereocenters. The van der Waals surface area contributed by atoms with Crippen molar-refractivity contribution in [1.29, 1.82) is 0 Å². The van der Waals surface area contributed by atoms with E-state index in [1.807, 2.05) is 37.3 Å². The molecular weight excluding hydrogens is 286 g/mol. The number of ether oxygens (including phenoxy) is 2. The molecule has 6 heteroatoms. The maximum absolute atomic E-state index is 11.7. The van der Waals surface area contributed by atoms with Gasteiger partial charge in [-0.15, -0.1) is 0 Å². The lowest BCUT2D eigenvalue weighted by Gasteiger charge is -2.42. The molecule has 0 aliphatic carbocycles. The minimum Gasteiger partial charge on any atom is -0.430 e. The highest BCUT2D eigenvalue weighted by atomic mass is 16.7. The summed E-state index contributed by atoms with van der Waals surface area (Å²) in [5.41, 5.74) is 0.861. The summed E-state index contributed by atoms with van der Waals surface area (Å²) in [6, 6.07) is 9.08. The second kappa shape index (κ2) is 7.26. The number of hydrogen-bond donors (Lipinski definition) is 2. The smallest absolute Gasteiger partial charge is 0.430 e. The van der Waals surface area contributed by atoms with Gasteiger partial charge in [0.05, 0.1) is 5.92 Å². The van der Waals surface area contributed by atoms with Crippen LogP contribution in [0.1, 0.15) is 19.4 Å². The van der Waals surface area contributed by atoms with E-state index in [4.69, 9.17) is 14.6 Å². The van der Waals surface area contributed by atoms with Crippen molar-refractivity contribution in [1.82, 2.24) is 5.32 Å². The van der Waals surface area contributed by atoms with Crippen molar-refractivity contribution in [2.75, 3.05) is 6.61 Å². The van der Waals surface area contributed by atoms with Gasteiger partial charge in [-0.1, -0.05) is 37.3 Å². The van der Waals surface area contributed by atoms with Gasteiger partial charge in [-0.05, 0) is 12.5 Å². The van der Waals surface area contributed by atoms with Crippen molar-refractivity contribution in [3.8, 4) is 0 Å². The number of β-lactam (4-membered cyclic amide) rings is 1. The van der Waals surface area contributed by atoms with Gasteiger partial charge in [0.25, 0.3) is 0 Å². The first-order chi connectivity index (χ1) is 10.5. The average molecular weight is 307 g/mol. The van der Waals surface area contributed by atoms with Gasteiger partial charge >= 0.3 is 6.16 Å². The van der Waals surface area contributed by atoms with Crippen LogP contribution >= 0.6 is 0 Å². The van der Waals surface area contributed by atoms with E-state index in [0.29, 0.717) is 0 Å². The van der Waals surface area contributed by atoms with Crippen molar-refractivity contribution < 1.29 is 24.2 Å². The van der Waals surface area contributed by atoms with Crippen LogP contribution in [0.3, 0.4) is 0 Å². The minimum absolute atomic E-state index is 0.0351. The summed E-state index contributed by atoms with van der Waals surface area (Å²) >= 11 is 0. The molecule has 0 radical (unpaired) electrons. The Kier molecular flexibility index (Phi) is 5.38. The topological polar surface area (TPSA) is 84.9 Å². The molecule has 1 aliphatic heterocycles. The largest absolute Gasteiger partial charge is 0.508 e. The highest BCUT2D eigenvalue weighted by Gasteiger charge is 2.46. The van der Waals surface area contributed by atoms with Crippen LogP contribution in [-0.2, 0) is 20.9 Å². The van der Waals surface area contributed by atoms with Crippen LogP contribution in [0.5, 0.6) is 0 Å². The summed E-state index contributed by atoms with van der Waals surface area (Å²) in [6.45, 7) is 3.58. The van der Waals surface area contributed by atoms with Crippen molar-refractivity contribution in [2.45, 2.75) is 32.6 Å². The van der Waals surface area contributed by atoms with Crippen LogP contribution < -0.4 is 5.32 Å². The van der Waals surface area contributed by atoms with Crippen LogP contribution in [0.2, 0.25) is 0 Å². The molecule has 1 aromatic rings. The molecule has 0 bridgehead atoms. The maximum atomic E-state index is 11.7. The number of aliphatic hydroxyl groups excluding tert-OH is 1. The van der Waals surface area contributed by atoms with E-state index < -0.39 is 18.2 Å². The fourth-order valence-electron chi connectivity index (χ4n) is 2.51. The average Bonchev–Trinajstić information content (AvgIpc) is 2.50. The third-order valence-electron chi connectivity index (χ3n) is 3.89. The van der Waals surface area contributed by atoms with Crippen LogP contribution in [0.15, 0.2) is 30.3 Å². The number of nitrogens with one attached hydrogen (secondary N) is 1. The Balaban J connectivity index is 1.82. The van der Waals surface area contributed by atoms with Gasteiger partial charge < -0.3 is 19.9 Å². The van der Waals surface area contributed by atoms with Crippen LogP contribution in [-0.4, -0.2) is 35.9 Å². The Bertz CT molecular complexity index is 519. The molecule has 1 amide bonds. The van der Waals surface area contributed by atoms with Crippen molar-refractivity contribution in [3.05, 3.63) is 35.9 Å². The molecule has 0 saturated carbocycles. The third-order valence-corrected chi connectivity index (χ3v) is 3.89. The van der Waals surface area contributed by atoms with Crippen molar-refractivity contribution in [2.24, 2.45) is 11.8 Å². The summed E-state index contributed by atoms with van der Waals surface area (Å²) in [5.74, 6) is -0.714. The SMILES string of the molecule is CC(CO)[C@@H]1NC(=O)[C@@H]1[C@@H](C)OC(=O)OCc1ccccc1. The second-order valence-corrected chi connectivity index (χ2v) is 5.57. The summed E-state index contributed by atoms with van der Waals surface area (Å²) in [4.78, 5) is 23.3. The highest BCUT2D eigenvalue weighted by molar-refractivity contribution is 5.86. The van der Waals surface area contributed by atoms with Gasteiger partial charge in [0.2, 0.25) is 5.91 Å².